The molecule has 0 radical (unpaired) electrons. The maximum atomic E-state index is 2.41. The summed E-state index contributed by atoms with van der Waals surface area (Å²) in [6, 6.07) is 0. The topological polar surface area (TPSA) is 0 Å². The van der Waals surface area contributed by atoms with Gasteiger partial charge in [-0.25, -0.2) is 0 Å². The summed E-state index contributed by atoms with van der Waals surface area (Å²) in [6.45, 7) is 2.41. The van der Waals surface area contributed by atoms with Crippen molar-refractivity contribution in [2.24, 2.45) is 29.6 Å². The van der Waals surface area contributed by atoms with E-state index in [1.54, 1.807) is 38.5 Å². The van der Waals surface area contributed by atoms with E-state index < -0.39 is 0 Å². The summed E-state index contributed by atoms with van der Waals surface area (Å²) in [7, 11) is 0. The Labute approximate surface area is 82.1 Å². The number of fused-ring (bicyclic) bond motifs is 3. The van der Waals surface area contributed by atoms with Crippen molar-refractivity contribution in [2.45, 2.75) is 51.9 Å². The van der Waals surface area contributed by atoms with Crippen LogP contribution in [0.4, 0.5) is 0 Å². The molecule has 0 N–H and O–H groups in total. The van der Waals surface area contributed by atoms with Crippen molar-refractivity contribution >= 4 is 0 Å². The van der Waals surface area contributed by atoms with Crippen LogP contribution in [0.2, 0.25) is 0 Å². The van der Waals surface area contributed by atoms with Crippen LogP contribution in [0.15, 0.2) is 0 Å². The Hall–Kier alpha value is 0. The molecule has 0 nitrogen and oxygen atoms in total. The predicted molar refractivity (Wildman–Crippen MR) is 55.4 cm³/mol. The molecule has 0 bridgehead atoms. The summed E-state index contributed by atoms with van der Waals surface area (Å²) in [4.78, 5) is 0. The van der Waals surface area contributed by atoms with Crippen LogP contribution in [0.25, 0.3) is 0 Å². The van der Waals surface area contributed by atoms with E-state index in [4.69, 9.17) is 0 Å². The molecular formula is C13H22. The molecule has 74 valence electrons. The molecule has 0 spiro atoms. The van der Waals surface area contributed by atoms with Crippen molar-refractivity contribution in [2.75, 3.05) is 0 Å². The molecule has 3 rings (SSSR count). The van der Waals surface area contributed by atoms with Crippen LogP contribution in [0.5, 0.6) is 0 Å². The molecule has 0 heterocycles. The van der Waals surface area contributed by atoms with Gasteiger partial charge in [0.05, 0.1) is 0 Å². The van der Waals surface area contributed by atoms with E-state index in [0.717, 1.165) is 11.8 Å². The molecule has 0 saturated heterocycles. The van der Waals surface area contributed by atoms with Gasteiger partial charge in [-0.2, -0.15) is 0 Å². The molecule has 3 aliphatic rings. The lowest BCUT2D eigenvalue weighted by atomic mass is 9.83. The standard InChI is InChI=1S/C13H22/c1-2-9-6-7-10-4-3-5-11-8-12(11)13(9)10/h9-13H,2-8H2,1H3. The minimum absolute atomic E-state index is 1.12. The molecular weight excluding hydrogens is 156 g/mol. The minimum atomic E-state index is 1.12. The second-order valence-corrected chi connectivity index (χ2v) is 5.67. The zero-order valence-electron chi connectivity index (χ0n) is 8.84. The van der Waals surface area contributed by atoms with E-state index in [1.807, 2.05) is 0 Å². The van der Waals surface area contributed by atoms with Gasteiger partial charge in [-0.15, -0.1) is 0 Å². The van der Waals surface area contributed by atoms with E-state index in [1.165, 1.54) is 24.2 Å². The fourth-order valence-corrected chi connectivity index (χ4v) is 4.43. The van der Waals surface area contributed by atoms with Crippen LogP contribution in [-0.4, -0.2) is 0 Å². The lowest BCUT2D eigenvalue weighted by Crippen LogP contribution is -2.16. The predicted octanol–water partition coefficient (Wildman–Crippen LogP) is 3.86. The van der Waals surface area contributed by atoms with Gasteiger partial charge in [-0.1, -0.05) is 32.6 Å². The Balaban J connectivity index is 1.79. The zero-order valence-corrected chi connectivity index (χ0v) is 8.84. The molecule has 0 amide bonds. The second-order valence-electron chi connectivity index (χ2n) is 5.67. The van der Waals surface area contributed by atoms with E-state index in [0.29, 0.717) is 0 Å². The summed E-state index contributed by atoms with van der Waals surface area (Å²) in [6.07, 6.45) is 10.9. The van der Waals surface area contributed by atoms with Crippen molar-refractivity contribution in [3.63, 3.8) is 0 Å². The molecule has 3 fully saturated rings. The van der Waals surface area contributed by atoms with Crippen molar-refractivity contribution in [3.05, 3.63) is 0 Å². The molecule has 0 aromatic heterocycles. The largest absolute Gasteiger partial charge is 0.0651 e. The summed E-state index contributed by atoms with van der Waals surface area (Å²) < 4.78 is 0. The van der Waals surface area contributed by atoms with E-state index in [9.17, 15) is 0 Å². The molecule has 0 aromatic rings. The Bertz CT molecular complexity index is 196. The highest BCUT2D eigenvalue weighted by Gasteiger charge is 2.51. The third kappa shape index (κ3) is 1.25. The number of hydrogen-bond donors (Lipinski definition) is 0. The summed E-state index contributed by atoms with van der Waals surface area (Å²) in [5.41, 5.74) is 0. The van der Waals surface area contributed by atoms with Crippen LogP contribution < -0.4 is 0 Å². The maximum Gasteiger partial charge on any atom is -0.0326 e. The molecule has 0 aromatic carbocycles. The molecule has 3 saturated carbocycles. The van der Waals surface area contributed by atoms with E-state index in [-0.39, 0.29) is 0 Å². The highest BCUT2D eigenvalue weighted by atomic mass is 14.6. The first-order chi connectivity index (χ1) is 6.40. The van der Waals surface area contributed by atoms with Crippen LogP contribution in [-0.2, 0) is 0 Å². The third-order valence-corrected chi connectivity index (χ3v) is 5.14. The first-order valence-corrected chi connectivity index (χ1v) is 6.40. The quantitative estimate of drug-likeness (QED) is 0.572. The Kier molecular flexibility index (Phi) is 1.92. The van der Waals surface area contributed by atoms with Gasteiger partial charge in [-0.3, -0.25) is 0 Å². The minimum Gasteiger partial charge on any atom is -0.0651 e. The Morgan fingerprint density at radius 3 is 2.69 bits per heavy atom. The highest BCUT2D eigenvalue weighted by Crippen LogP contribution is 2.60. The van der Waals surface area contributed by atoms with Crippen LogP contribution in [0.3, 0.4) is 0 Å². The Morgan fingerprint density at radius 1 is 1.00 bits per heavy atom. The van der Waals surface area contributed by atoms with Gasteiger partial charge in [0.1, 0.15) is 0 Å². The first-order valence-electron chi connectivity index (χ1n) is 6.40. The average molecular weight is 178 g/mol. The second kappa shape index (κ2) is 3.00. The van der Waals surface area contributed by atoms with Gasteiger partial charge in [0.15, 0.2) is 0 Å². The van der Waals surface area contributed by atoms with E-state index in [2.05, 4.69) is 6.92 Å². The van der Waals surface area contributed by atoms with Crippen molar-refractivity contribution in [1.29, 1.82) is 0 Å². The monoisotopic (exact) mass is 178 g/mol. The smallest absolute Gasteiger partial charge is 0.0326 e. The summed E-state index contributed by atoms with van der Waals surface area (Å²) >= 11 is 0. The van der Waals surface area contributed by atoms with Gasteiger partial charge < -0.3 is 0 Å². The number of hydrogen-bond acceptors (Lipinski definition) is 0. The van der Waals surface area contributed by atoms with Crippen LogP contribution >= 0.6 is 0 Å². The molecule has 13 heavy (non-hydrogen) atoms. The van der Waals surface area contributed by atoms with Crippen LogP contribution in [0.1, 0.15) is 51.9 Å². The zero-order chi connectivity index (χ0) is 8.84. The summed E-state index contributed by atoms with van der Waals surface area (Å²) in [5, 5.41) is 0. The normalized spacial score (nSPS) is 53.8. The van der Waals surface area contributed by atoms with Gasteiger partial charge in [0.2, 0.25) is 0 Å². The third-order valence-electron chi connectivity index (χ3n) is 5.14. The van der Waals surface area contributed by atoms with Gasteiger partial charge >= 0.3 is 0 Å². The maximum absolute atomic E-state index is 2.41. The van der Waals surface area contributed by atoms with Crippen molar-refractivity contribution < 1.29 is 0 Å². The molecule has 5 atom stereocenters. The number of rotatable bonds is 1. The molecule has 0 heteroatoms. The lowest BCUT2D eigenvalue weighted by Gasteiger charge is -2.22. The van der Waals surface area contributed by atoms with Gasteiger partial charge in [-0.05, 0) is 48.9 Å². The lowest BCUT2D eigenvalue weighted by molar-refractivity contribution is 0.261. The van der Waals surface area contributed by atoms with E-state index >= 15 is 0 Å². The Morgan fingerprint density at radius 2 is 1.85 bits per heavy atom. The molecule has 0 aliphatic heterocycles. The van der Waals surface area contributed by atoms with Crippen molar-refractivity contribution in [3.8, 4) is 0 Å². The SMILES string of the molecule is CCC1CCC2CCCC3CC3C12. The molecule has 5 unspecified atom stereocenters. The highest BCUT2D eigenvalue weighted by molar-refractivity contribution is 5.00. The van der Waals surface area contributed by atoms with Gasteiger partial charge in [0.25, 0.3) is 0 Å². The molecule has 3 aliphatic carbocycles. The van der Waals surface area contributed by atoms with Gasteiger partial charge in [0, 0.05) is 0 Å². The van der Waals surface area contributed by atoms with Crippen molar-refractivity contribution in [1.82, 2.24) is 0 Å². The fraction of sp³-hybridized carbons (Fsp3) is 1.00. The fourth-order valence-electron chi connectivity index (χ4n) is 4.43. The first kappa shape index (κ1) is 8.32. The average Bonchev–Trinajstić information content (AvgIpc) is 2.81. The summed E-state index contributed by atoms with van der Waals surface area (Å²) in [5.74, 6) is 5.83. The van der Waals surface area contributed by atoms with Crippen LogP contribution in [0, 0.1) is 29.6 Å².